The van der Waals surface area contributed by atoms with Crippen molar-refractivity contribution in [1.82, 2.24) is 0 Å². The van der Waals surface area contributed by atoms with Crippen molar-refractivity contribution in [3.05, 3.63) is 29.8 Å². The minimum Gasteiger partial charge on any atom is -0.433 e. The fraction of sp³-hybridized carbons (Fsp3) is 0.500. The van der Waals surface area contributed by atoms with Gasteiger partial charge in [0, 0.05) is 11.5 Å². The normalized spacial score (nSPS) is 32.0. The molecule has 4 atom stereocenters. The van der Waals surface area contributed by atoms with Gasteiger partial charge in [-0.1, -0.05) is 17.7 Å². The van der Waals surface area contributed by atoms with Gasteiger partial charge < -0.3 is 9.47 Å². The van der Waals surface area contributed by atoms with Gasteiger partial charge in [0.2, 0.25) is 6.29 Å². The van der Waals surface area contributed by atoms with Crippen molar-refractivity contribution in [2.24, 2.45) is 16.1 Å². The van der Waals surface area contributed by atoms with E-state index in [1.807, 2.05) is 26.0 Å². The molecule has 21 heavy (non-hydrogen) atoms. The number of azo groups is 1. The minimum atomic E-state index is -1.66. The molecule has 0 unspecified atom stereocenters. The SMILES string of the molecule is CCO[C@@H]1OC(=O)[C@@]2([S@@](=O)c3ccc(C)cc3)N=NC[C@@H]12. The van der Waals surface area contributed by atoms with Crippen molar-refractivity contribution in [3.63, 3.8) is 0 Å². The Labute approximate surface area is 125 Å². The van der Waals surface area contributed by atoms with Gasteiger partial charge in [0.15, 0.2) is 0 Å². The Kier molecular flexibility index (Phi) is 3.62. The Morgan fingerprint density at radius 3 is 2.81 bits per heavy atom. The molecule has 0 N–H and O–H groups in total. The van der Waals surface area contributed by atoms with E-state index in [9.17, 15) is 9.00 Å². The van der Waals surface area contributed by atoms with Gasteiger partial charge in [-0.2, -0.15) is 10.2 Å². The largest absolute Gasteiger partial charge is 0.433 e. The Balaban J connectivity index is 1.98. The first-order valence-electron chi connectivity index (χ1n) is 6.79. The molecule has 0 spiro atoms. The second kappa shape index (κ2) is 5.31. The predicted octanol–water partition coefficient (Wildman–Crippen LogP) is 1.80. The maximum atomic E-state index is 12.9. The minimum absolute atomic E-state index is 0.286. The molecule has 1 aromatic carbocycles. The van der Waals surface area contributed by atoms with Crippen molar-refractivity contribution in [2.45, 2.75) is 29.9 Å². The van der Waals surface area contributed by atoms with Crippen LogP contribution in [-0.2, 0) is 25.1 Å². The summed E-state index contributed by atoms with van der Waals surface area (Å²) in [6, 6.07) is 7.19. The molecule has 0 aromatic heterocycles. The number of hydrogen-bond acceptors (Lipinski definition) is 6. The highest BCUT2D eigenvalue weighted by Crippen LogP contribution is 2.45. The lowest BCUT2D eigenvalue weighted by Crippen LogP contribution is -2.43. The number of aryl methyl sites for hydroxylation is 1. The Bertz CT molecular complexity index is 616. The second-order valence-corrected chi connectivity index (χ2v) is 6.67. The molecule has 0 aliphatic carbocycles. The van der Waals surface area contributed by atoms with E-state index in [0.717, 1.165) is 5.56 Å². The van der Waals surface area contributed by atoms with Crippen LogP contribution in [0.25, 0.3) is 0 Å². The van der Waals surface area contributed by atoms with Crippen LogP contribution < -0.4 is 0 Å². The number of cyclic esters (lactones) is 1. The van der Waals surface area contributed by atoms with Crippen LogP contribution in [0.3, 0.4) is 0 Å². The van der Waals surface area contributed by atoms with Crippen molar-refractivity contribution in [3.8, 4) is 0 Å². The van der Waals surface area contributed by atoms with Crippen LogP contribution in [0.15, 0.2) is 39.4 Å². The molecule has 0 bridgehead atoms. The molecule has 0 saturated carbocycles. The number of hydrogen-bond donors (Lipinski definition) is 0. The summed E-state index contributed by atoms with van der Waals surface area (Å²) in [5.74, 6) is -1.06. The molecule has 7 heteroatoms. The van der Waals surface area contributed by atoms with Crippen LogP contribution in [0.2, 0.25) is 0 Å². The zero-order valence-corrected chi connectivity index (χ0v) is 12.6. The lowest BCUT2D eigenvalue weighted by atomic mass is 10.0. The van der Waals surface area contributed by atoms with Crippen molar-refractivity contribution in [2.75, 3.05) is 13.2 Å². The Morgan fingerprint density at radius 2 is 2.14 bits per heavy atom. The summed E-state index contributed by atoms with van der Waals surface area (Å²) in [6.07, 6.45) is -0.730. The van der Waals surface area contributed by atoms with E-state index >= 15 is 0 Å². The number of fused-ring (bicyclic) bond motifs is 1. The van der Waals surface area contributed by atoms with Gasteiger partial charge in [-0.05, 0) is 26.0 Å². The summed E-state index contributed by atoms with van der Waals surface area (Å²) in [7, 11) is -1.66. The van der Waals surface area contributed by atoms with E-state index < -0.39 is 33.8 Å². The molecule has 1 fully saturated rings. The summed E-state index contributed by atoms with van der Waals surface area (Å²) in [5, 5.41) is 7.95. The molecule has 2 aliphatic heterocycles. The zero-order chi connectivity index (χ0) is 15.0. The first-order chi connectivity index (χ1) is 10.1. The maximum absolute atomic E-state index is 12.9. The molecule has 1 aromatic rings. The van der Waals surface area contributed by atoms with E-state index in [1.165, 1.54) is 0 Å². The van der Waals surface area contributed by atoms with Crippen molar-refractivity contribution >= 4 is 16.8 Å². The molecule has 0 amide bonds. The molecular formula is C14H16N2O4S. The number of nitrogens with zero attached hydrogens (tertiary/aromatic N) is 2. The molecule has 6 nitrogen and oxygen atoms in total. The summed E-state index contributed by atoms with van der Waals surface area (Å²) in [5.41, 5.74) is 1.05. The third-order valence-electron chi connectivity index (χ3n) is 3.69. The molecule has 1 saturated heterocycles. The monoisotopic (exact) mass is 308 g/mol. The topological polar surface area (TPSA) is 77.3 Å². The zero-order valence-electron chi connectivity index (χ0n) is 11.8. The van der Waals surface area contributed by atoms with Gasteiger partial charge in [-0.3, -0.25) is 4.21 Å². The standard InChI is InChI=1S/C14H16N2O4S/c1-3-19-12-11-8-15-16-14(11,13(17)20-12)21(18)10-6-4-9(2)5-7-10/h4-7,11-12H,3,8H2,1-2H3/t11-,12+,14+,21-/m0/s1. The van der Waals surface area contributed by atoms with Gasteiger partial charge in [0.1, 0.15) is 0 Å². The van der Waals surface area contributed by atoms with Gasteiger partial charge in [-0.25, -0.2) is 4.79 Å². The van der Waals surface area contributed by atoms with E-state index in [2.05, 4.69) is 10.2 Å². The summed E-state index contributed by atoms with van der Waals surface area (Å²) in [6.45, 7) is 4.45. The molecule has 2 aliphatic rings. The van der Waals surface area contributed by atoms with Crippen LogP contribution in [0.5, 0.6) is 0 Å². The number of carbonyl (C=O) groups excluding carboxylic acids is 1. The number of benzene rings is 1. The quantitative estimate of drug-likeness (QED) is 0.795. The molecule has 0 radical (unpaired) electrons. The molecular weight excluding hydrogens is 292 g/mol. The van der Waals surface area contributed by atoms with Gasteiger partial charge >= 0.3 is 5.97 Å². The highest BCUT2D eigenvalue weighted by Gasteiger charge is 2.65. The van der Waals surface area contributed by atoms with Crippen LogP contribution >= 0.6 is 0 Å². The molecule has 3 rings (SSSR count). The van der Waals surface area contributed by atoms with E-state index in [1.54, 1.807) is 12.1 Å². The smallest absolute Gasteiger partial charge is 0.352 e. The first-order valence-corrected chi connectivity index (χ1v) is 7.94. The fourth-order valence-corrected chi connectivity index (χ4v) is 4.11. The van der Waals surface area contributed by atoms with Crippen LogP contribution in [0.1, 0.15) is 12.5 Å². The van der Waals surface area contributed by atoms with E-state index in [0.29, 0.717) is 11.5 Å². The van der Waals surface area contributed by atoms with E-state index in [-0.39, 0.29) is 6.54 Å². The predicted molar refractivity (Wildman–Crippen MR) is 75.0 cm³/mol. The molecule has 2 heterocycles. The average Bonchev–Trinajstić information content (AvgIpc) is 3.01. The third-order valence-corrected chi connectivity index (χ3v) is 5.51. The highest BCUT2D eigenvalue weighted by atomic mass is 32.2. The highest BCUT2D eigenvalue weighted by molar-refractivity contribution is 7.87. The summed E-state index contributed by atoms with van der Waals surface area (Å²) in [4.78, 5) is 11.4. The van der Waals surface area contributed by atoms with Gasteiger partial charge in [-0.15, -0.1) is 0 Å². The first kappa shape index (κ1) is 14.3. The second-order valence-electron chi connectivity index (χ2n) is 5.04. The maximum Gasteiger partial charge on any atom is 0.352 e. The van der Waals surface area contributed by atoms with Crippen molar-refractivity contribution in [1.29, 1.82) is 0 Å². The van der Waals surface area contributed by atoms with Gasteiger partial charge in [0.05, 0.1) is 23.3 Å². The van der Waals surface area contributed by atoms with Crippen LogP contribution in [0, 0.1) is 12.8 Å². The summed E-state index contributed by atoms with van der Waals surface area (Å²) >= 11 is 0. The molecule has 112 valence electrons. The number of carbonyl (C=O) groups is 1. The van der Waals surface area contributed by atoms with Crippen LogP contribution in [0.4, 0.5) is 0 Å². The lowest BCUT2D eigenvalue weighted by Gasteiger charge is -2.20. The fourth-order valence-electron chi connectivity index (χ4n) is 2.57. The number of rotatable bonds is 4. The van der Waals surface area contributed by atoms with E-state index in [4.69, 9.17) is 9.47 Å². The third kappa shape index (κ3) is 2.11. The van der Waals surface area contributed by atoms with Crippen molar-refractivity contribution < 1.29 is 18.5 Å². The summed E-state index contributed by atoms with van der Waals surface area (Å²) < 4.78 is 23.6. The van der Waals surface area contributed by atoms with Crippen LogP contribution in [-0.4, -0.2) is 34.5 Å². The Hall–Kier alpha value is -1.60. The number of ether oxygens (including phenoxy) is 2. The Morgan fingerprint density at radius 1 is 1.43 bits per heavy atom. The average molecular weight is 308 g/mol. The number of esters is 1. The van der Waals surface area contributed by atoms with Gasteiger partial charge in [0.25, 0.3) is 4.87 Å². The lowest BCUT2D eigenvalue weighted by molar-refractivity contribution is -0.166.